The number of nitrogens with two attached hydrogens (primary N) is 2. The zero-order valence-electron chi connectivity index (χ0n) is 28.2. The molecule has 0 fully saturated rings. The van der Waals surface area contributed by atoms with Crippen molar-refractivity contribution >= 4 is 52.3 Å². The van der Waals surface area contributed by atoms with Gasteiger partial charge in [0.1, 0.15) is 5.75 Å². The van der Waals surface area contributed by atoms with Gasteiger partial charge in [-0.3, -0.25) is 19.2 Å². The highest BCUT2D eigenvalue weighted by Gasteiger charge is 2.02. The molecule has 0 radical (unpaired) electrons. The maximum absolute atomic E-state index is 10.7. The number of hydrogen-bond donors (Lipinski definition) is 6. The van der Waals surface area contributed by atoms with Gasteiger partial charge in [-0.2, -0.15) is 0 Å². The van der Waals surface area contributed by atoms with Crippen LogP contribution in [-0.4, -0.2) is 47.3 Å². The molecule has 4 aromatic rings. The summed E-state index contributed by atoms with van der Waals surface area (Å²) in [5, 5.41) is 16.4. The van der Waals surface area contributed by atoms with Gasteiger partial charge >= 0.3 is 5.97 Å². The second kappa shape index (κ2) is 24.7. The molecule has 0 saturated carbocycles. The summed E-state index contributed by atoms with van der Waals surface area (Å²) in [7, 11) is 1.60. The van der Waals surface area contributed by atoms with E-state index < -0.39 is 11.9 Å². The lowest BCUT2D eigenvalue weighted by Gasteiger charge is -2.01. The average Bonchev–Trinajstić information content (AvgIpc) is 3.04. The number of anilines is 4. The van der Waals surface area contributed by atoms with Gasteiger partial charge in [0.05, 0.1) is 18.4 Å². The fourth-order valence-electron chi connectivity index (χ4n) is 3.33. The standard InChI is InChI=1S/C9H10N2O2.C9H9NO3.C9H11NO.C7H9NO.C2H4.H2O/c1-6(12)11-8-4-2-7(3-5-8)9(10)13;1-6(11)10-8-4-2-7(3-5-8)9(12)13;1-7-3-5-9(6-4-7)10-8(2)11;1-9-7-5-3-2-4-6(7)8;1-2;/h2-5H,1H3,(H2,10,13)(H,11,12);2-5H,1H3,(H,10,11)(H,12,13);3-6H,1-2H3,(H,10,11);2-5H,8H2,1H3;1-2H2;1H2. The van der Waals surface area contributed by atoms with Crippen molar-refractivity contribution in [1.29, 1.82) is 0 Å². The van der Waals surface area contributed by atoms with E-state index in [-0.39, 0.29) is 28.8 Å². The van der Waals surface area contributed by atoms with Crippen LogP contribution in [0.3, 0.4) is 0 Å². The molecular weight excluding hydrogens is 630 g/mol. The number of aromatic carboxylic acids is 1. The number of ether oxygens (including phenoxy) is 1. The third-order valence-corrected chi connectivity index (χ3v) is 5.45. The van der Waals surface area contributed by atoms with Crippen LogP contribution >= 0.6 is 0 Å². The predicted molar refractivity (Wildman–Crippen MR) is 195 cm³/mol. The number of amides is 4. The predicted octanol–water partition coefficient (Wildman–Crippen LogP) is 5.30. The van der Waals surface area contributed by atoms with Crippen LogP contribution in [0.2, 0.25) is 0 Å². The summed E-state index contributed by atoms with van der Waals surface area (Å²) in [5.74, 6) is -1.08. The number of hydrogen-bond acceptors (Lipinski definition) is 7. The highest BCUT2D eigenvalue weighted by molar-refractivity contribution is 5.94. The van der Waals surface area contributed by atoms with E-state index in [1.165, 1.54) is 38.5 Å². The summed E-state index contributed by atoms with van der Waals surface area (Å²) >= 11 is 0. The van der Waals surface area contributed by atoms with Crippen LogP contribution in [0.25, 0.3) is 0 Å². The molecule has 0 atom stereocenters. The van der Waals surface area contributed by atoms with Gasteiger partial charge in [0.2, 0.25) is 23.6 Å². The number of carbonyl (C=O) groups is 5. The van der Waals surface area contributed by atoms with Crippen molar-refractivity contribution in [2.45, 2.75) is 27.7 Å². The molecule has 49 heavy (non-hydrogen) atoms. The first-order valence-corrected chi connectivity index (χ1v) is 14.2. The van der Waals surface area contributed by atoms with Gasteiger partial charge in [0.25, 0.3) is 0 Å². The number of carbonyl (C=O) groups excluding carboxylic acids is 4. The molecule has 13 heteroatoms. The average molecular weight is 676 g/mol. The first-order valence-electron chi connectivity index (χ1n) is 14.2. The molecule has 0 aromatic heterocycles. The molecule has 0 aliphatic carbocycles. The molecule has 13 nitrogen and oxygen atoms in total. The monoisotopic (exact) mass is 675 g/mol. The van der Waals surface area contributed by atoms with Gasteiger partial charge in [-0.15, -0.1) is 13.2 Å². The van der Waals surface area contributed by atoms with E-state index in [0.717, 1.165) is 11.4 Å². The summed E-state index contributed by atoms with van der Waals surface area (Å²) in [4.78, 5) is 52.9. The van der Waals surface area contributed by atoms with Gasteiger partial charge in [0, 0.05) is 43.4 Å². The second-order valence-corrected chi connectivity index (χ2v) is 9.48. The van der Waals surface area contributed by atoms with Crippen molar-refractivity contribution in [2.24, 2.45) is 5.73 Å². The summed E-state index contributed by atoms with van der Waals surface area (Å²) in [6.07, 6.45) is 0. The number of primary amides is 1. The van der Waals surface area contributed by atoms with E-state index in [1.54, 1.807) is 49.6 Å². The lowest BCUT2D eigenvalue weighted by molar-refractivity contribution is -0.115. The van der Waals surface area contributed by atoms with Gasteiger partial charge in [0.15, 0.2) is 0 Å². The Labute approximate surface area is 286 Å². The number of methoxy groups -OCH3 is 1. The van der Waals surface area contributed by atoms with Gasteiger partial charge in [-0.05, 0) is 79.7 Å². The fourth-order valence-corrected chi connectivity index (χ4v) is 3.33. The van der Waals surface area contributed by atoms with E-state index in [0.29, 0.717) is 22.6 Å². The molecule has 0 bridgehead atoms. The number of nitrogens with one attached hydrogen (secondary N) is 3. The molecular formula is C36H45N5O8. The minimum Gasteiger partial charge on any atom is -0.495 e. The highest BCUT2D eigenvalue weighted by Crippen LogP contribution is 2.18. The third kappa shape index (κ3) is 20.3. The summed E-state index contributed by atoms with van der Waals surface area (Å²) in [5.41, 5.74) is 15.1. The zero-order chi connectivity index (χ0) is 36.6. The minimum atomic E-state index is -0.977. The Balaban J connectivity index is 0. The third-order valence-electron chi connectivity index (χ3n) is 5.45. The molecule has 4 aromatic carbocycles. The molecule has 0 aliphatic rings. The molecule has 10 N–H and O–H groups in total. The van der Waals surface area contributed by atoms with Crippen molar-refractivity contribution in [3.8, 4) is 5.75 Å². The Hall–Kier alpha value is -6.47. The first kappa shape index (κ1) is 44.7. The number of nitrogen functional groups attached to an aromatic ring is 1. The normalized spacial score (nSPS) is 8.76. The Morgan fingerprint density at radius 2 is 0.980 bits per heavy atom. The van der Waals surface area contributed by atoms with Crippen molar-refractivity contribution in [2.75, 3.05) is 28.8 Å². The van der Waals surface area contributed by atoms with Crippen LogP contribution in [0.15, 0.2) is 110 Å². The van der Waals surface area contributed by atoms with Crippen LogP contribution in [0.4, 0.5) is 22.7 Å². The van der Waals surface area contributed by atoms with Crippen LogP contribution < -0.4 is 32.2 Å². The lowest BCUT2D eigenvalue weighted by Crippen LogP contribution is -2.11. The summed E-state index contributed by atoms with van der Waals surface area (Å²) in [6.45, 7) is 12.3. The maximum Gasteiger partial charge on any atom is 0.335 e. The van der Waals surface area contributed by atoms with Crippen LogP contribution in [0.5, 0.6) is 5.75 Å². The number of benzene rings is 4. The van der Waals surface area contributed by atoms with Crippen LogP contribution in [0.1, 0.15) is 47.1 Å². The summed E-state index contributed by atoms with van der Waals surface area (Å²) in [6, 6.07) is 27.4. The number of carboxylic acids is 1. The fraction of sp³-hybridized carbons (Fsp3) is 0.139. The molecule has 4 rings (SSSR count). The van der Waals surface area contributed by atoms with E-state index in [9.17, 15) is 24.0 Å². The first-order chi connectivity index (χ1) is 22.7. The van der Waals surface area contributed by atoms with Gasteiger partial charge < -0.3 is 42.7 Å². The van der Waals surface area contributed by atoms with E-state index in [1.807, 2.05) is 49.4 Å². The van der Waals surface area contributed by atoms with Crippen molar-refractivity contribution in [3.63, 3.8) is 0 Å². The van der Waals surface area contributed by atoms with E-state index >= 15 is 0 Å². The second-order valence-electron chi connectivity index (χ2n) is 9.48. The highest BCUT2D eigenvalue weighted by atomic mass is 16.5. The van der Waals surface area contributed by atoms with Crippen LogP contribution in [-0.2, 0) is 14.4 Å². The van der Waals surface area contributed by atoms with Crippen molar-refractivity contribution < 1.29 is 39.3 Å². The zero-order valence-corrected chi connectivity index (χ0v) is 28.2. The Kier molecular flexibility index (Phi) is 22.5. The maximum atomic E-state index is 10.7. The van der Waals surface area contributed by atoms with E-state index in [4.69, 9.17) is 21.3 Å². The Morgan fingerprint density at radius 1 is 0.633 bits per heavy atom. The molecule has 0 saturated heterocycles. The number of aryl methyl sites for hydroxylation is 1. The SMILES string of the molecule is C=C.CC(=O)Nc1ccc(C(=O)O)cc1.CC(=O)Nc1ccc(C(N)=O)cc1.CC(=O)Nc1ccc(C)cc1.COc1ccccc1N.O. The Morgan fingerprint density at radius 3 is 1.27 bits per heavy atom. The molecule has 0 unspecified atom stereocenters. The number of carboxylic acid groups (broad SMARTS) is 1. The molecule has 0 heterocycles. The smallest absolute Gasteiger partial charge is 0.335 e. The lowest BCUT2D eigenvalue weighted by atomic mass is 10.2. The van der Waals surface area contributed by atoms with Gasteiger partial charge in [-0.25, -0.2) is 4.79 Å². The van der Waals surface area contributed by atoms with Gasteiger partial charge in [-0.1, -0.05) is 29.8 Å². The molecule has 262 valence electrons. The van der Waals surface area contributed by atoms with E-state index in [2.05, 4.69) is 29.1 Å². The van der Waals surface area contributed by atoms with Crippen molar-refractivity contribution in [3.05, 3.63) is 127 Å². The topological polar surface area (TPSA) is 234 Å². The largest absolute Gasteiger partial charge is 0.495 e. The molecule has 0 spiro atoms. The molecule has 4 amide bonds. The quantitative estimate of drug-likeness (QED) is 0.116. The minimum absolute atomic E-state index is 0. The Bertz CT molecular complexity index is 1540. The number of para-hydroxylation sites is 2. The van der Waals surface area contributed by atoms with Crippen molar-refractivity contribution in [1.82, 2.24) is 0 Å². The number of rotatable bonds is 6. The van der Waals surface area contributed by atoms with Crippen LogP contribution in [0, 0.1) is 6.92 Å². The molecule has 0 aliphatic heterocycles. The summed E-state index contributed by atoms with van der Waals surface area (Å²) < 4.78 is 4.92.